The third-order valence-corrected chi connectivity index (χ3v) is 39.1. The van der Waals surface area contributed by atoms with E-state index in [0.717, 1.165) is 219 Å². The number of hydrogen-bond donors (Lipinski definition) is 0. The van der Waals surface area contributed by atoms with E-state index in [4.69, 9.17) is 85.1 Å². The Bertz CT molecular complexity index is 2260. The molecule has 16 aliphatic carbocycles. The summed E-state index contributed by atoms with van der Waals surface area (Å²) < 4.78 is 0. The van der Waals surface area contributed by atoms with Gasteiger partial charge in [-0.25, -0.2) is 0 Å². The molecule has 0 N–H and O–H groups in total. The van der Waals surface area contributed by atoms with Crippen LogP contribution in [0.15, 0.2) is 30.3 Å². The van der Waals surface area contributed by atoms with Crippen LogP contribution in [0.4, 0.5) is 0 Å². The predicted octanol–water partition coefficient (Wildman–Crippen LogP) is 45.5. The van der Waals surface area contributed by atoms with E-state index in [0.29, 0.717) is 0 Å². The standard InChI is InChI=1S/C15H20.C14H24.C13H24.2C10H18.4C10H20.C5H10.10CH3.10ClH.5Zr/c1-2-6-12(7-3-1)15-10-13-8-4-5-9-14(13)11-15;1-10-8-12-7-6-11-4-2-3-5-13(11)14(12)9-10;1-2-3-6-11-9-10-12-7-4-5-8-13(11)12;2*1-8-6-9-4-2-3-5-10(9)7-8;4*1-6-7(2)9(4)10(5)8(6)3;1-2-4-5-3-1;;;;;;;;;;;;;;;;;;;;;;;;;/h1-3,6-7,13-15H,4-5,8-11H2;10-14H,2-9H2,1H3;11-13H,2-10H2,1H3;2*8-10H,2-7H2,1H3;4*6-10H,1-5H3;1-5H2;10*1H3;10*1H;;;;;/q;;;;;;;;;;10*-1;;;;;;;;;;;5*+4/p-10. The van der Waals surface area contributed by atoms with Gasteiger partial charge in [-0.3, -0.25) is 0 Å². The Labute approximate surface area is 929 Å². The first kappa shape index (κ1) is 154. The number of benzene rings is 1. The largest absolute Gasteiger partial charge is 0.0622 e. The van der Waals surface area contributed by atoms with E-state index in [9.17, 15) is 0 Å². The molecule has 1 aromatic rings. The Kier molecular flexibility index (Phi) is 103. The van der Waals surface area contributed by atoms with Gasteiger partial charge in [-0.2, -0.15) is 0 Å². The van der Waals surface area contributed by atoms with Gasteiger partial charge in [-0.05, 0) is 314 Å². The number of rotatable bonds is 4. The summed E-state index contributed by atoms with van der Waals surface area (Å²) in [7, 11) is 49.3. The van der Waals surface area contributed by atoms with Crippen LogP contribution >= 0.6 is 85.1 Å². The number of hydrogen-bond acceptors (Lipinski definition) is 0. The fourth-order valence-corrected chi connectivity index (χ4v) is 28.8. The van der Waals surface area contributed by atoms with Gasteiger partial charge < -0.3 is 74.3 Å². The van der Waals surface area contributed by atoms with Crippen molar-refractivity contribution in [2.24, 2.45) is 213 Å². The van der Waals surface area contributed by atoms with E-state index < -0.39 is 104 Å². The molecule has 14 unspecified atom stereocenters. The number of halogens is 10. The second-order valence-corrected chi connectivity index (χ2v) is 63.6. The van der Waals surface area contributed by atoms with Crippen molar-refractivity contribution in [3.05, 3.63) is 110 Å². The summed E-state index contributed by atoms with van der Waals surface area (Å²) >= 11 is -4.13. The molecule has 0 bridgehead atoms. The van der Waals surface area contributed by atoms with Gasteiger partial charge in [0, 0.05) is 0 Å². The van der Waals surface area contributed by atoms with Crippen molar-refractivity contribution in [3.63, 3.8) is 0 Å². The Balaban J connectivity index is -0.000000212. The molecule has 0 aliphatic heterocycles. The average Bonchev–Trinajstić information content (AvgIpc) is 1.61. The van der Waals surface area contributed by atoms with E-state index in [1.165, 1.54) is 135 Å². The van der Waals surface area contributed by atoms with Crippen LogP contribution in [0.2, 0.25) is 0 Å². The van der Waals surface area contributed by atoms with E-state index in [1.54, 1.807) is 128 Å². The topological polar surface area (TPSA) is 0 Å². The minimum Gasteiger partial charge on any atom is -0.0622 e. The van der Waals surface area contributed by atoms with E-state index >= 15 is 0 Å². The first-order valence-corrected chi connectivity index (χ1v) is 83.7. The average molecular weight is 2440 g/mol. The van der Waals surface area contributed by atoms with E-state index in [-0.39, 0.29) is 74.3 Å². The van der Waals surface area contributed by atoms with Gasteiger partial charge in [0.1, 0.15) is 0 Å². The fourth-order valence-electron chi connectivity index (χ4n) is 28.8. The summed E-state index contributed by atoms with van der Waals surface area (Å²) in [6.07, 6.45) is 61.2. The monoisotopic (exact) mass is 2430 g/mol. The predicted molar refractivity (Wildman–Crippen MR) is 598 cm³/mol. The van der Waals surface area contributed by atoms with Gasteiger partial charge in [0.2, 0.25) is 0 Å². The Morgan fingerprint density at radius 2 is 0.409 bits per heavy atom. The van der Waals surface area contributed by atoms with Crippen LogP contribution in [0.25, 0.3) is 0 Å². The quantitative estimate of drug-likeness (QED) is 0.264. The first-order chi connectivity index (χ1) is 58.2. The maximum atomic E-state index is 4.93. The molecule has 17 rings (SSSR count). The van der Waals surface area contributed by atoms with Crippen molar-refractivity contribution >= 4 is 85.1 Å². The third-order valence-electron chi connectivity index (χ3n) is 39.1. The minimum absolute atomic E-state index is 0. The Hall–Kier alpha value is 6.54. The van der Waals surface area contributed by atoms with Crippen LogP contribution in [0.1, 0.15) is 434 Å². The van der Waals surface area contributed by atoms with Gasteiger partial charge >= 0.3 is 189 Å². The van der Waals surface area contributed by atoms with Crippen LogP contribution in [0.3, 0.4) is 0 Å². The van der Waals surface area contributed by atoms with Crippen molar-refractivity contribution in [3.8, 4) is 0 Å². The van der Waals surface area contributed by atoms with Crippen molar-refractivity contribution in [1.29, 1.82) is 0 Å². The molecule has 132 heavy (non-hydrogen) atoms. The molecule has 16 saturated carbocycles. The zero-order valence-electron chi connectivity index (χ0n) is 93.3. The van der Waals surface area contributed by atoms with Gasteiger partial charge in [0.15, 0.2) is 0 Å². The molecule has 0 amide bonds. The van der Waals surface area contributed by atoms with Crippen molar-refractivity contribution in [2.45, 2.75) is 429 Å². The summed E-state index contributed by atoms with van der Waals surface area (Å²) in [6.45, 7) is 57.6. The fraction of sp³-hybridized carbons (Fsp3) is 0.863. The van der Waals surface area contributed by atoms with Crippen LogP contribution < -0.4 is 0 Å². The molecule has 0 nitrogen and oxygen atoms in total. The van der Waals surface area contributed by atoms with Crippen LogP contribution in [0, 0.1) is 287 Å². The summed E-state index contributed by atoms with van der Waals surface area (Å²) in [6, 6.07) is 11.2. The molecule has 0 heterocycles. The first-order valence-electron chi connectivity index (χ1n) is 52.1. The summed E-state index contributed by atoms with van der Waals surface area (Å²) in [5.41, 5.74) is 1.59. The molecule has 14 atom stereocenters. The smallest absolute Gasteiger partial charge is 0.0156 e. The third kappa shape index (κ3) is 53.5. The minimum atomic E-state index is -0.826. The molecule has 16 aliphatic rings. The van der Waals surface area contributed by atoms with E-state index in [2.05, 4.69) is 197 Å². The number of unbranched alkanes of at least 4 members (excludes halogenated alkanes) is 1. The van der Waals surface area contributed by atoms with Gasteiger partial charge in [0.05, 0.1) is 0 Å². The van der Waals surface area contributed by atoms with Crippen LogP contribution in [-0.2, 0) is 104 Å². The van der Waals surface area contributed by atoms with Gasteiger partial charge in [0.25, 0.3) is 0 Å². The zero-order valence-corrected chi connectivity index (χ0v) is 113. The van der Waals surface area contributed by atoms with Crippen molar-refractivity contribution < 1.29 is 104 Å². The molecular weight excluding hydrogens is 2220 g/mol. The normalized spacial score (nSPS) is 38.6. The number of fused-ring (bicyclic) bond motifs is 7. The molecule has 782 valence electrons. The van der Waals surface area contributed by atoms with Crippen LogP contribution in [0.5, 0.6) is 0 Å². The van der Waals surface area contributed by atoms with Crippen LogP contribution in [-0.4, -0.2) is 0 Å². The SMILES string of the molecule is C1CCCC1.CC1C(C)C(C)C(C)C1C.CC1C(C)C(C)C(C)C1C.CC1C(C)C(C)C(C)C1C.CC1C(C)C(C)C(C)C1C.CC1CC2CCC3CCCCC3C2C1.CC1CC2CCCCC2C1.CC1CC2CCCCC2C1.CCCCC1CCC2CCCCC12.[CH3-].[CH3-].[CH3-].[CH3-].[CH3-].[CH3-].[CH3-].[CH3-].[CH3-].[CH3-].[Cl][Zr+2][Cl].[Cl][Zr+2][Cl].[Cl][Zr+2][Cl].[Cl][Zr+2][Cl].[Cl][Zr+2][Cl].c1ccc(C2CC3CCCCC3C2)cc1. The second kappa shape index (κ2) is 88.2. The van der Waals surface area contributed by atoms with Crippen molar-refractivity contribution in [2.75, 3.05) is 0 Å². The molecule has 0 saturated heterocycles. The maximum Gasteiger partial charge on any atom is -0.0156 e. The molecule has 0 spiro atoms. The molecule has 0 radical (unpaired) electrons. The Morgan fingerprint density at radius 3 is 0.667 bits per heavy atom. The molecule has 1 aromatic carbocycles. The summed E-state index contributed by atoms with van der Waals surface area (Å²) in [5.74, 6) is 37.5. The molecule has 16 fully saturated rings. The Morgan fingerprint density at radius 1 is 0.212 bits per heavy atom. The maximum absolute atomic E-state index is 4.93. The zero-order chi connectivity index (χ0) is 91.3. The molecular formula is C117H224Cl10Zr5. The second-order valence-electron chi connectivity index (χ2n) is 44.9. The summed E-state index contributed by atoms with van der Waals surface area (Å²) in [5, 5.41) is 0. The molecule has 15 heteroatoms. The summed E-state index contributed by atoms with van der Waals surface area (Å²) in [4.78, 5) is 0. The van der Waals surface area contributed by atoms with Gasteiger partial charge in [-0.15, -0.1) is 0 Å². The van der Waals surface area contributed by atoms with Crippen molar-refractivity contribution in [1.82, 2.24) is 0 Å². The molecule has 0 aromatic heterocycles. The van der Waals surface area contributed by atoms with Gasteiger partial charge in [-0.1, -0.05) is 363 Å². The van der Waals surface area contributed by atoms with E-state index in [1.807, 2.05) is 0 Å².